The lowest BCUT2D eigenvalue weighted by molar-refractivity contribution is -0.146. The molecule has 2 rings (SSSR count). The molecular weight excluding hydrogens is 424 g/mol. The highest BCUT2D eigenvalue weighted by Gasteiger charge is 2.32. The van der Waals surface area contributed by atoms with Crippen molar-refractivity contribution in [1.82, 2.24) is 10.2 Å². The Balaban J connectivity index is 2.15. The standard InChI is InChI=1S/C25H32N2O6/c1-25(2,3)33-23(29)26-15-16-27(24(30)32-18-20-13-9-6-10-14-20)21(22(28)31-4)17-19-11-7-5-8-12-19/h5-14,21H,15-18H2,1-4H3,(H,26,29). The Morgan fingerprint density at radius 2 is 1.52 bits per heavy atom. The molecule has 8 nitrogen and oxygen atoms in total. The first-order valence-corrected chi connectivity index (χ1v) is 10.8. The van der Waals surface area contributed by atoms with E-state index in [-0.39, 0.29) is 26.1 Å². The van der Waals surface area contributed by atoms with Crippen molar-refractivity contribution in [3.8, 4) is 0 Å². The second-order valence-corrected chi connectivity index (χ2v) is 8.39. The van der Waals surface area contributed by atoms with Gasteiger partial charge in [-0.15, -0.1) is 0 Å². The molecular formula is C25H32N2O6. The Morgan fingerprint density at radius 1 is 0.939 bits per heavy atom. The SMILES string of the molecule is COC(=O)C(Cc1ccccc1)N(CCNC(=O)OC(C)(C)C)C(=O)OCc1ccccc1. The van der Waals surface area contributed by atoms with E-state index in [4.69, 9.17) is 14.2 Å². The lowest BCUT2D eigenvalue weighted by Gasteiger charge is -2.29. The third-order valence-electron chi connectivity index (χ3n) is 4.58. The van der Waals surface area contributed by atoms with Gasteiger partial charge in [0.2, 0.25) is 0 Å². The number of benzene rings is 2. The molecule has 0 bridgehead atoms. The molecule has 0 fully saturated rings. The van der Waals surface area contributed by atoms with Gasteiger partial charge in [0.15, 0.2) is 0 Å². The Labute approximate surface area is 194 Å². The molecule has 2 aromatic rings. The van der Waals surface area contributed by atoms with Crippen LogP contribution in [0.5, 0.6) is 0 Å². The Hall–Kier alpha value is -3.55. The van der Waals surface area contributed by atoms with Crippen LogP contribution in [0.15, 0.2) is 60.7 Å². The third kappa shape index (κ3) is 9.22. The number of nitrogens with one attached hydrogen (secondary N) is 1. The molecule has 0 heterocycles. The molecule has 8 heteroatoms. The summed E-state index contributed by atoms with van der Waals surface area (Å²) in [5.74, 6) is -0.576. The second kappa shape index (κ2) is 12.5. The number of methoxy groups -OCH3 is 1. The zero-order valence-electron chi connectivity index (χ0n) is 19.6. The molecule has 0 aliphatic carbocycles. The zero-order chi connectivity index (χ0) is 24.3. The van der Waals surface area contributed by atoms with Gasteiger partial charge in [0.25, 0.3) is 0 Å². The maximum Gasteiger partial charge on any atom is 0.410 e. The Morgan fingerprint density at radius 3 is 2.06 bits per heavy atom. The first kappa shape index (κ1) is 25.7. The molecule has 0 aromatic heterocycles. The summed E-state index contributed by atoms with van der Waals surface area (Å²) >= 11 is 0. The highest BCUT2D eigenvalue weighted by Crippen LogP contribution is 2.14. The van der Waals surface area contributed by atoms with E-state index in [2.05, 4.69) is 5.32 Å². The molecule has 0 aliphatic rings. The van der Waals surface area contributed by atoms with Crippen LogP contribution in [0.3, 0.4) is 0 Å². The second-order valence-electron chi connectivity index (χ2n) is 8.39. The van der Waals surface area contributed by atoms with Crippen LogP contribution in [0.1, 0.15) is 31.9 Å². The molecule has 33 heavy (non-hydrogen) atoms. The van der Waals surface area contributed by atoms with Gasteiger partial charge in [-0.25, -0.2) is 14.4 Å². The van der Waals surface area contributed by atoms with Gasteiger partial charge < -0.3 is 19.5 Å². The highest BCUT2D eigenvalue weighted by molar-refractivity contribution is 5.81. The fraction of sp³-hybridized carbons (Fsp3) is 0.400. The molecule has 0 spiro atoms. The van der Waals surface area contributed by atoms with Gasteiger partial charge in [-0.2, -0.15) is 0 Å². The van der Waals surface area contributed by atoms with Gasteiger partial charge in [0.05, 0.1) is 7.11 Å². The number of esters is 1. The predicted octanol–water partition coefficient (Wildman–Crippen LogP) is 3.93. The number of hydrogen-bond donors (Lipinski definition) is 1. The minimum atomic E-state index is -0.930. The largest absolute Gasteiger partial charge is 0.467 e. The summed E-state index contributed by atoms with van der Waals surface area (Å²) in [5.41, 5.74) is 1.02. The summed E-state index contributed by atoms with van der Waals surface area (Å²) in [5, 5.41) is 2.61. The average molecular weight is 457 g/mol. The third-order valence-corrected chi connectivity index (χ3v) is 4.58. The van der Waals surface area contributed by atoms with Crippen LogP contribution in [0, 0.1) is 0 Å². The molecule has 0 saturated carbocycles. The maximum atomic E-state index is 13.0. The summed E-state index contributed by atoms with van der Waals surface area (Å²) in [7, 11) is 1.27. The van der Waals surface area contributed by atoms with Crippen LogP contribution in [0.4, 0.5) is 9.59 Å². The number of hydrogen-bond acceptors (Lipinski definition) is 6. The van der Waals surface area contributed by atoms with Crippen LogP contribution >= 0.6 is 0 Å². The Kier molecular flexibility index (Phi) is 9.72. The van der Waals surface area contributed by atoms with Gasteiger partial charge in [-0.1, -0.05) is 60.7 Å². The summed E-state index contributed by atoms with van der Waals surface area (Å²) in [6.45, 7) is 5.42. The van der Waals surface area contributed by atoms with Crippen molar-refractivity contribution >= 4 is 18.2 Å². The number of nitrogens with zero attached hydrogens (tertiary/aromatic N) is 1. The monoisotopic (exact) mass is 456 g/mol. The van der Waals surface area contributed by atoms with Gasteiger partial charge in [-0.3, -0.25) is 4.90 Å². The van der Waals surface area contributed by atoms with Crippen LogP contribution < -0.4 is 5.32 Å². The predicted molar refractivity (Wildman–Crippen MR) is 124 cm³/mol. The molecule has 1 N–H and O–H groups in total. The quantitative estimate of drug-likeness (QED) is 0.454. The van der Waals surface area contributed by atoms with Crippen LogP contribution in [-0.2, 0) is 32.0 Å². The fourth-order valence-electron chi connectivity index (χ4n) is 3.06. The number of amides is 2. The van der Waals surface area contributed by atoms with Crippen molar-refractivity contribution in [2.24, 2.45) is 0 Å². The van der Waals surface area contributed by atoms with E-state index in [1.165, 1.54) is 12.0 Å². The van der Waals surface area contributed by atoms with E-state index in [1.807, 2.05) is 60.7 Å². The Bertz CT molecular complexity index is 896. The fourth-order valence-corrected chi connectivity index (χ4v) is 3.06. The van der Waals surface area contributed by atoms with E-state index < -0.39 is 29.8 Å². The number of rotatable bonds is 9. The summed E-state index contributed by atoms with van der Waals surface area (Å²) in [6, 6.07) is 17.6. The number of carbonyl (C=O) groups is 3. The lowest BCUT2D eigenvalue weighted by atomic mass is 10.0. The smallest absolute Gasteiger partial charge is 0.410 e. The van der Waals surface area contributed by atoms with E-state index in [0.29, 0.717) is 0 Å². The molecule has 0 aliphatic heterocycles. The van der Waals surface area contributed by atoms with E-state index >= 15 is 0 Å². The van der Waals surface area contributed by atoms with Crippen molar-refractivity contribution < 1.29 is 28.6 Å². The molecule has 2 aromatic carbocycles. The first-order valence-electron chi connectivity index (χ1n) is 10.8. The minimum absolute atomic E-state index is 0.0272. The van der Waals surface area contributed by atoms with E-state index in [1.54, 1.807) is 20.8 Å². The molecule has 2 amide bonds. The molecule has 178 valence electrons. The van der Waals surface area contributed by atoms with Crippen LogP contribution in [0.2, 0.25) is 0 Å². The molecule has 1 unspecified atom stereocenters. The summed E-state index contributed by atoms with van der Waals surface area (Å²) in [4.78, 5) is 39.0. The topological polar surface area (TPSA) is 94.2 Å². The molecule has 0 radical (unpaired) electrons. The van der Waals surface area contributed by atoms with Gasteiger partial charge in [0.1, 0.15) is 18.2 Å². The molecule has 0 saturated heterocycles. The summed E-state index contributed by atoms with van der Waals surface area (Å²) < 4.78 is 15.7. The van der Waals surface area contributed by atoms with E-state index in [9.17, 15) is 14.4 Å². The summed E-state index contributed by atoms with van der Waals surface area (Å²) in [6.07, 6.45) is -1.06. The van der Waals surface area contributed by atoms with Crippen LogP contribution in [-0.4, -0.2) is 54.9 Å². The van der Waals surface area contributed by atoms with Crippen molar-refractivity contribution in [3.05, 3.63) is 71.8 Å². The highest BCUT2D eigenvalue weighted by atomic mass is 16.6. The van der Waals surface area contributed by atoms with Gasteiger partial charge >= 0.3 is 18.2 Å². The molecule has 1 atom stereocenters. The average Bonchev–Trinajstić information content (AvgIpc) is 2.79. The van der Waals surface area contributed by atoms with Crippen molar-refractivity contribution in [1.29, 1.82) is 0 Å². The minimum Gasteiger partial charge on any atom is -0.467 e. The van der Waals surface area contributed by atoms with Gasteiger partial charge in [-0.05, 0) is 31.9 Å². The van der Waals surface area contributed by atoms with E-state index in [0.717, 1.165) is 11.1 Å². The van der Waals surface area contributed by atoms with Crippen molar-refractivity contribution in [3.63, 3.8) is 0 Å². The first-order chi connectivity index (χ1) is 15.7. The lowest BCUT2D eigenvalue weighted by Crippen LogP contribution is -2.50. The maximum absolute atomic E-state index is 13.0. The van der Waals surface area contributed by atoms with Crippen LogP contribution in [0.25, 0.3) is 0 Å². The number of ether oxygens (including phenoxy) is 3. The zero-order valence-corrected chi connectivity index (χ0v) is 19.6. The normalized spacial score (nSPS) is 11.8. The number of carbonyl (C=O) groups excluding carboxylic acids is 3. The van der Waals surface area contributed by atoms with Crippen molar-refractivity contribution in [2.45, 2.75) is 45.4 Å². The number of alkyl carbamates (subject to hydrolysis) is 1. The van der Waals surface area contributed by atoms with Gasteiger partial charge in [0, 0.05) is 19.5 Å². The van der Waals surface area contributed by atoms with Crippen molar-refractivity contribution in [2.75, 3.05) is 20.2 Å².